The van der Waals surface area contributed by atoms with Crippen molar-refractivity contribution in [2.24, 2.45) is 5.41 Å². The van der Waals surface area contributed by atoms with E-state index in [0.717, 1.165) is 5.75 Å². The van der Waals surface area contributed by atoms with Crippen molar-refractivity contribution < 1.29 is 19.1 Å². The quantitative estimate of drug-likeness (QED) is 0.746. The number of rotatable bonds is 7. The minimum absolute atomic E-state index is 0.0291. The molecular formula is C16H24N2O4. The summed E-state index contributed by atoms with van der Waals surface area (Å²) in [5.74, 6) is 1.07. The molecule has 1 aromatic rings. The van der Waals surface area contributed by atoms with Crippen LogP contribution in [0.3, 0.4) is 0 Å². The molecule has 22 heavy (non-hydrogen) atoms. The molecule has 122 valence electrons. The summed E-state index contributed by atoms with van der Waals surface area (Å²) in [5, 5.41) is 5.27. The van der Waals surface area contributed by atoms with E-state index in [-0.39, 0.29) is 18.4 Å². The Morgan fingerprint density at radius 3 is 2.18 bits per heavy atom. The van der Waals surface area contributed by atoms with E-state index in [1.807, 2.05) is 0 Å². The SMILES string of the molecule is COc1ccc(OCCNC(=O)CNC(=O)C(C)(C)C)cc1. The highest BCUT2D eigenvalue weighted by atomic mass is 16.5. The maximum absolute atomic E-state index is 11.6. The summed E-state index contributed by atoms with van der Waals surface area (Å²) >= 11 is 0. The minimum Gasteiger partial charge on any atom is -0.497 e. The molecular weight excluding hydrogens is 284 g/mol. The second-order valence-corrected chi connectivity index (χ2v) is 5.81. The third-order valence-electron chi connectivity index (χ3n) is 2.84. The second-order valence-electron chi connectivity index (χ2n) is 5.81. The van der Waals surface area contributed by atoms with Gasteiger partial charge in [0.1, 0.15) is 18.1 Å². The number of ether oxygens (including phenoxy) is 2. The number of hydrogen-bond donors (Lipinski definition) is 2. The molecule has 0 radical (unpaired) electrons. The van der Waals surface area contributed by atoms with E-state index in [4.69, 9.17) is 9.47 Å². The first-order chi connectivity index (χ1) is 10.3. The molecule has 1 aromatic carbocycles. The minimum atomic E-state index is -0.502. The number of methoxy groups -OCH3 is 1. The molecule has 6 nitrogen and oxygen atoms in total. The van der Waals surface area contributed by atoms with E-state index >= 15 is 0 Å². The predicted octanol–water partition coefficient (Wildman–Crippen LogP) is 1.35. The fourth-order valence-electron chi connectivity index (χ4n) is 1.52. The smallest absolute Gasteiger partial charge is 0.239 e. The Morgan fingerprint density at radius 1 is 1.05 bits per heavy atom. The second kappa shape index (κ2) is 8.26. The highest BCUT2D eigenvalue weighted by molar-refractivity contribution is 5.87. The Morgan fingerprint density at radius 2 is 1.64 bits per heavy atom. The molecule has 0 aromatic heterocycles. The van der Waals surface area contributed by atoms with Gasteiger partial charge in [-0.3, -0.25) is 9.59 Å². The normalized spacial score (nSPS) is 10.7. The molecule has 0 bridgehead atoms. The zero-order valence-corrected chi connectivity index (χ0v) is 13.6. The van der Waals surface area contributed by atoms with E-state index in [0.29, 0.717) is 18.9 Å². The van der Waals surface area contributed by atoms with Gasteiger partial charge >= 0.3 is 0 Å². The maximum atomic E-state index is 11.6. The predicted molar refractivity (Wildman–Crippen MR) is 84.0 cm³/mol. The van der Waals surface area contributed by atoms with Gasteiger partial charge in [0.05, 0.1) is 20.2 Å². The fraction of sp³-hybridized carbons (Fsp3) is 0.500. The zero-order chi connectivity index (χ0) is 16.6. The molecule has 0 saturated carbocycles. The van der Waals surface area contributed by atoms with Crippen molar-refractivity contribution in [3.05, 3.63) is 24.3 Å². The van der Waals surface area contributed by atoms with Crippen molar-refractivity contribution in [1.29, 1.82) is 0 Å². The van der Waals surface area contributed by atoms with E-state index in [2.05, 4.69) is 10.6 Å². The standard InChI is InChI=1S/C16H24N2O4/c1-16(2,3)15(20)18-11-14(19)17-9-10-22-13-7-5-12(21-4)6-8-13/h5-8H,9-11H2,1-4H3,(H,17,19)(H,18,20). The Bertz CT molecular complexity index is 492. The monoisotopic (exact) mass is 308 g/mol. The van der Waals surface area contributed by atoms with Gasteiger partial charge in [0.15, 0.2) is 0 Å². The first-order valence-corrected chi connectivity index (χ1v) is 7.15. The van der Waals surface area contributed by atoms with E-state index in [1.165, 1.54) is 0 Å². The summed E-state index contributed by atoms with van der Waals surface area (Å²) in [6.45, 7) is 6.08. The first kappa shape index (κ1) is 17.8. The third kappa shape index (κ3) is 6.47. The molecule has 0 unspecified atom stereocenters. The van der Waals surface area contributed by atoms with Crippen LogP contribution in [-0.2, 0) is 9.59 Å². The highest BCUT2D eigenvalue weighted by Crippen LogP contribution is 2.16. The van der Waals surface area contributed by atoms with Gasteiger partial charge < -0.3 is 20.1 Å². The summed E-state index contributed by atoms with van der Waals surface area (Å²) in [4.78, 5) is 23.2. The van der Waals surface area contributed by atoms with Gasteiger partial charge in [-0.1, -0.05) is 20.8 Å². The van der Waals surface area contributed by atoms with Crippen LogP contribution in [0.4, 0.5) is 0 Å². The Hall–Kier alpha value is -2.24. The lowest BCUT2D eigenvalue weighted by molar-refractivity contribution is -0.131. The summed E-state index contributed by atoms with van der Waals surface area (Å²) in [6, 6.07) is 7.19. The van der Waals surface area contributed by atoms with Crippen molar-refractivity contribution in [1.82, 2.24) is 10.6 Å². The molecule has 0 aliphatic rings. The van der Waals surface area contributed by atoms with Gasteiger partial charge in [-0.25, -0.2) is 0 Å². The maximum Gasteiger partial charge on any atom is 0.239 e. The Kier molecular flexibility index (Phi) is 6.69. The summed E-state index contributed by atoms with van der Waals surface area (Å²) in [7, 11) is 1.60. The van der Waals surface area contributed by atoms with E-state index in [1.54, 1.807) is 52.1 Å². The number of hydrogen-bond acceptors (Lipinski definition) is 4. The Balaban J connectivity index is 2.18. The van der Waals surface area contributed by atoms with Crippen molar-refractivity contribution >= 4 is 11.8 Å². The molecule has 0 saturated heterocycles. The van der Waals surface area contributed by atoms with E-state index < -0.39 is 5.41 Å². The number of carbonyl (C=O) groups is 2. The lowest BCUT2D eigenvalue weighted by atomic mass is 9.96. The van der Waals surface area contributed by atoms with Crippen LogP contribution in [0.25, 0.3) is 0 Å². The van der Waals surface area contributed by atoms with E-state index in [9.17, 15) is 9.59 Å². The molecule has 0 aliphatic carbocycles. The molecule has 2 amide bonds. The molecule has 0 atom stereocenters. The largest absolute Gasteiger partial charge is 0.497 e. The average Bonchev–Trinajstić information content (AvgIpc) is 2.48. The van der Waals surface area contributed by atoms with Crippen LogP contribution in [0.5, 0.6) is 11.5 Å². The number of benzene rings is 1. The van der Waals surface area contributed by atoms with Gasteiger partial charge in [-0.05, 0) is 24.3 Å². The van der Waals surface area contributed by atoms with Crippen molar-refractivity contribution in [2.75, 3.05) is 26.8 Å². The van der Waals surface area contributed by atoms with Gasteiger partial charge in [0.25, 0.3) is 0 Å². The molecule has 0 spiro atoms. The zero-order valence-electron chi connectivity index (χ0n) is 13.6. The lowest BCUT2D eigenvalue weighted by Crippen LogP contribution is -2.42. The van der Waals surface area contributed by atoms with Crippen molar-refractivity contribution in [3.8, 4) is 11.5 Å². The molecule has 0 aliphatic heterocycles. The van der Waals surface area contributed by atoms with Gasteiger partial charge in [-0.2, -0.15) is 0 Å². The first-order valence-electron chi connectivity index (χ1n) is 7.15. The van der Waals surface area contributed by atoms with Crippen LogP contribution < -0.4 is 20.1 Å². The third-order valence-corrected chi connectivity index (χ3v) is 2.84. The summed E-state index contributed by atoms with van der Waals surface area (Å²) in [6.07, 6.45) is 0. The topological polar surface area (TPSA) is 76.7 Å². The molecule has 1 rings (SSSR count). The van der Waals surface area contributed by atoms with Crippen LogP contribution in [0.1, 0.15) is 20.8 Å². The summed E-state index contributed by atoms with van der Waals surface area (Å²) < 4.78 is 10.5. The summed E-state index contributed by atoms with van der Waals surface area (Å²) in [5.41, 5.74) is -0.502. The number of amides is 2. The van der Waals surface area contributed by atoms with Crippen LogP contribution in [0.15, 0.2) is 24.3 Å². The number of nitrogens with one attached hydrogen (secondary N) is 2. The highest BCUT2D eigenvalue weighted by Gasteiger charge is 2.21. The fourth-order valence-corrected chi connectivity index (χ4v) is 1.52. The van der Waals surface area contributed by atoms with Crippen molar-refractivity contribution in [3.63, 3.8) is 0 Å². The van der Waals surface area contributed by atoms with Gasteiger partial charge in [0, 0.05) is 5.41 Å². The van der Waals surface area contributed by atoms with Crippen LogP contribution in [-0.4, -0.2) is 38.6 Å². The lowest BCUT2D eigenvalue weighted by Gasteiger charge is -2.17. The van der Waals surface area contributed by atoms with Gasteiger partial charge in [0.2, 0.25) is 11.8 Å². The number of carbonyl (C=O) groups excluding carboxylic acids is 2. The average molecular weight is 308 g/mol. The molecule has 0 heterocycles. The molecule has 2 N–H and O–H groups in total. The van der Waals surface area contributed by atoms with Crippen LogP contribution in [0.2, 0.25) is 0 Å². The van der Waals surface area contributed by atoms with Gasteiger partial charge in [-0.15, -0.1) is 0 Å². The van der Waals surface area contributed by atoms with Crippen LogP contribution >= 0.6 is 0 Å². The molecule has 6 heteroatoms. The molecule has 0 fully saturated rings. The Labute approximate surface area is 131 Å². The van der Waals surface area contributed by atoms with Crippen molar-refractivity contribution in [2.45, 2.75) is 20.8 Å². The van der Waals surface area contributed by atoms with Crippen LogP contribution in [0, 0.1) is 5.41 Å².